The first-order valence-electron chi connectivity index (χ1n) is 13.3. The van der Waals surface area contributed by atoms with Gasteiger partial charge in [0, 0.05) is 13.1 Å². The summed E-state index contributed by atoms with van der Waals surface area (Å²) in [6, 6.07) is 8.90. The molecule has 1 aromatic carbocycles. The summed E-state index contributed by atoms with van der Waals surface area (Å²) in [5.74, 6) is 4.25. The molecule has 184 valence electrons. The molecule has 0 heterocycles. The Labute approximate surface area is 201 Å². The van der Waals surface area contributed by atoms with Gasteiger partial charge in [-0.15, -0.1) is 0 Å². The molecule has 0 radical (unpaired) electrons. The quantitative estimate of drug-likeness (QED) is 0.609. The molecule has 0 amide bonds. The van der Waals surface area contributed by atoms with Crippen LogP contribution >= 0.6 is 0 Å². The summed E-state index contributed by atoms with van der Waals surface area (Å²) in [6.07, 6.45) is 10.6. The van der Waals surface area contributed by atoms with E-state index in [1.54, 1.807) is 35.6 Å². The summed E-state index contributed by atoms with van der Waals surface area (Å²) in [5.41, 5.74) is -0.228. The number of aliphatic hydroxyl groups is 1. The van der Waals surface area contributed by atoms with Crippen LogP contribution in [0.5, 0.6) is 0 Å². The highest BCUT2D eigenvalue weighted by Crippen LogP contribution is 2.65. The summed E-state index contributed by atoms with van der Waals surface area (Å²) in [6.45, 7) is 6.67. The largest absolute Gasteiger partial charge is 0.390 e. The lowest BCUT2D eigenvalue weighted by Gasteiger charge is -2.57. The third-order valence-corrected chi connectivity index (χ3v) is 12.8. The number of hydrogen-bond donors (Lipinski definition) is 1. The maximum Gasteiger partial charge on any atom is 0.243 e. The minimum absolute atomic E-state index is 0.00266. The standard InChI is InChI=1S/C28H43NO3S/c1-19(29(4)33(31,32)21-8-6-5-7-9-21)25-12-13-26-24-11-10-20-18-27(2,30)16-14-22(20)23(24)15-17-28(25,26)3/h5-9,19-20,22-26,30H,10-18H2,1-4H3/t19-,20+,22-,23+,24+,25+,26-,27+,28+/m0/s1. The molecule has 5 rings (SSSR count). The van der Waals surface area contributed by atoms with Crippen molar-refractivity contribution in [2.75, 3.05) is 7.05 Å². The van der Waals surface area contributed by atoms with Gasteiger partial charge in [-0.2, -0.15) is 4.31 Å². The van der Waals surface area contributed by atoms with Crippen molar-refractivity contribution >= 4 is 10.0 Å². The minimum Gasteiger partial charge on any atom is -0.390 e. The number of sulfonamides is 1. The Morgan fingerprint density at radius 2 is 1.64 bits per heavy atom. The monoisotopic (exact) mass is 473 g/mol. The summed E-state index contributed by atoms with van der Waals surface area (Å²) in [4.78, 5) is 0.397. The molecule has 0 unspecified atom stereocenters. The van der Waals surface area contributed by atoms with Crippen molar-refractivity contribution in [3.8, 4) is 0 Å². The van der Waals surface area contributed by atoms with Crippen LogP contribution in [0.4, 0.5) is 0 Å². The molecular formula is C28H43NO3S. The first-order valence-corrected chi connectivity index (χ1v) is 14.7. The Kier molecular flexibility index (Phi) is 6.02. The van der Waals surface area contributed by atoms with Crippen LogP contribution in [0.1, 0.15) is 78.6 Å². The van der Waals surface area contributed by atoms with Gasteiger partial charge in [0.05, 0.1) is 10.5 Å². The van der Waals surface area contributed by atoms with Crippen LogP contribution in [0.25, 0.3) is 0 Å². The highest BCUT2D eigenvalue weighted by Gasteiger charge is 2.58. The van der Waals surface area contributed by atoms with Crippen molar-refractivity contribution in [3.05, 3.63) is 30.3 Å². The van der Waals surface area contributed by atoms with Gasteiger partial charge >= 0.3 is 0 Å². The molecule has 33 heavy (non-hydrogen) atoms. The topological polar surface area (TPSA) is 57.6 Å². The van der Waals surface area contributed by atoms with Gasteiger partial charge in [0.15, 0.2) is 0 Å². The fourth-order valence-corrected chi connectivity index (χ4v) is 10.6. The van der Waals surface area contributed by atoms with Gasteiger partial charge < -0.3 is 5.11 Å². The van der Waals surface area contributed by atoms with Crippen molar-refractivity contribution in [3.63, 3.8) is 0 Å². The van der Waals surface area contributed by atoms with E-state index >= 15 is 0 Å². The smallest absolute Gasteiger partial charge is 0.243 e. The molecule has 0 saturated heterocycles. The van der Waals surface area contributed by atoms with Crippen molar-refractivity contribution < 1.29 is 13.5 Å². The molecular weight excluding hydrogens is 430 g/mol. The van der Waals surface area contributed by atoms with Crippen LogP contribution in [0, 0.1) is 40.9 Å². The Morgan fingerprint density at radius 3 is 2.36 bits per heavy atom. The molecule has 4 fully saturated rings. The average Bonchev–Trinajstić information content (AvgIpc) is 3.15. The van der Waals surface area contributed by atoms with Crippen molar-refractivity contribution in [1.29, 1.82) is 0 Å². The van der Waals surface area contributed by atoms with E-state index < -0.39 is 15.6 Å². The number of nitrogens with zero attached hydrogens (tertiary/aromatic N) is 1. The Morgan fingerprint density at radius 1 is 0.939 bits per heavy atom. The second-order valence-corrected chi connectivity index (χ2v) is 14.5. The fraction of sp³-hybridized carbons (Fsp3) is 0.786. The summed E-state index contributed by atoms with van der Waals surface area (Å²) < 4.78 is 28.3. The van der Waals surface area contributed by atoms with E-state index in [9.17, 15) is 13.5 Å². The molecule has 4 aliphatic carbocycles. The van der Waals surface area contributed by atoms with Crippen LogP contribution in [0.15, 0.2) is 35.2 Å². The molecule has 4 nitrogen and oxygen atoms in total. The van der Waals surface area contributed by atoms with Gasteiger partial charge in [0.25, 0.3) is 0 Å². The van der Waals surface area contributed by atoms with E-state index in [2.05, 4.69) is 13.8 Å². The number of rotatable bonds is 4. The molecule has 5 heteroatoms. The normalized spacial score (nSPS) is 44.1. The molecule has 0 spiro atoms. The highest BCUT2D eigenvalue weighted by atomic mass is 32.2. The zero-order valence-electron chi connectivity index (χ0n) is 20.9. The van der Waals surface area contributed by atoms with Gasteiger partial charge in [0.1, 0.15) is 0 Å². The average molecular weight is 474 g/mol. The summed E-state index contributed by atoms with van der Waals surface area (Å²) >= 11 is 0. The van der Waals surface area contributed by atoms with Gasteiger partial charge in [-0.05, 0) is 125 Å². The Hall–Kier alpha value is -0.910. The van der Waals surface area contributed by atoms with Crippen LogP contribution in [-0.4, -0.2) is 36.5 Å². The zero-order chi connectivity index (χ0) is 23.6. The van der Waals surface area contributed by atoms with Crippen LogP contribution in [0.2, 0.25) is 0 Å². The third kappa shape index (κ3) is 3.90. The number of benzene rings is 1. The van der Waals surface area contributed by atoms with Crippen molar-refractivity contribution in [2.45, 2.75) is 95.1 Å². The SMILES string of the molecule is C[C@@H]([C@H]1CC[C@H]2[C@@H]3CC[C@@H]4C[C@](C)(O)CC[C@@H]4[C@H]3CC[C@]12C)N(C)S(=O)(=O)c1ccccc1. The van der Waals surface area contributed by atoms with Crippen molar-refractivity contribution in [1.82, 2.24) is 4.31 Å². The third-order valence-electron chi connectivity index (χ3n) is 10.9. The molecule has 1 aromatic rings. The molecule has 1 N–H and O–H groups in total. The first kappa shape index (κ1) is 23.8. The number of hydrogen-bond acceptors (Lipinski definition) is 3. The van der Waals surface area contributed by atoms with Gasteiger partial charge in [0.2, 0.25) is 10.0 Å². The molecule has 4 aliphatic rings. The van der Waals surface area contributed by atoms with Crippen molar-refractivity contribution in [2.24, 2.45) is 40.9 Å². The molecule has 0 aromatic heterocycles. The Bertz CT molecular complexity index is 961. The lowest BCUT2D eigenvalue weighted by molar-refractivity contribution is -0.102. The second kappa shape index (κ2) is 8.34. The highest BCUT2D eigenvalue weighted by molar-refractivity contribution is 7.89. The van der Waals surface area contributed by atoms with E-state index in [0.29, 0.717) is 16.7 Å². The van der Waals surface area contributed by atoms with E-state index in [4.69, 9.17) is 0 Å². The van der Waals surface area contributed by atoms with E-state index in [1.807, 2.05) is 13.0 Å². The van der Waals surface area contributed by atoms with Gasteiger partial charge in [-0.1, -0.05) is 25.1 Å². The lowest BCUT2D eigenvalue weighted by Crippen LogP contribution is -2.52. The van der Waals surface area contributed by atoms with E-state index in [-0.39, 0.29) is 11.5 Å². The molecule has 4 saturated carbocycles. The molecule has 0 aliphatic heterocycles. The minimum atomic E-state index is -3.48. The second-order valence-electron chi connectivity index (χ2n) is 12.5. The number of fused-ring (bicyclic) bond motifs is 5. The summed E-state index contributed by atoms with van der Waals surface area (Å²) in [7, 11) is -1.69. The predicted octanol–water partition coefficient (Wildman–Crippen LogP) is 5.72. The van der Waals surface area contributed by atoms with Crippen LogP contribution < -0.4 is 0 Å². The Balaban J connectivity index is 1.34. The molecule has 9 atom stereocenters. The zero-order valence-corrected chi connectivity index (χ0v) is 21.7. The summed E-state index contributed by atoms with van der Waals surface area (Å²) in [5, 5.41) is 10.6. The first-order chi connectivity index (χ1) is 15.5. The fourth-order valence-electron chi connectivity index (χ4n) is 9.15. The van der Waals surface area contributed by atoms with Crippen LogP contribution in [0.3, 0.4) is 0 Å². The maximum atomic E-state index is 13.3. The van der Waals surface area contributed by atoms with E-state index in [1.165, 1.54) is 38.5 Å². The van der Waals surface area contributed by atoms with Crippen LogP contribution in [-0.2, 0) is 10.0 Å². The predicted molar refractivity (Wildman–Crippen MR) is 132 cm³/mol. The lowest BCUT2D eigenvalue weighted by atomic mass is 9.49. The molecule has 0 bridgehead atoms. The van der Waals surface area contributed by atoms with Gasteiger partial charge in [-0.25, -0.2) is 8.42 Å². The van der Waals surface area contributed by atoms with Gasteiger partial charge in [-0.3, -0.25) is 0 Å². The van der Waals surface area contributed by atoms with E-state index in [0.717, 1.165) is 42.9 Å². The maximum absolute atomic E-state index is 13.3.